The molecule has 27 heavy (non-hydrogen) atoms. The monoisotopic (exact) mass is 364 g/mol. The lowest BCUT2D eigenvalue weighted by Crippen LogP contribution is -2.28. The number of carbonyl (C=O) groups excluding carboxylic acids is 2. The fraction of sp³-hybridized carbons (Fsp3) is 0.0952. The van der Waals surface area contributed by atoms with Gasteiger partial charge in [0, 0.05) is 35.3 Å². The third-order valence-electron chi connectivity index (χ3n) is 3.84. The van der Waals surface area contributed by atoms with E-state index in [9.17, 15) is 14.0 Å². The summed E-state index contributed by atoms with van der Waals surface area (Å²) < 4.78 is 18.4. The largest absolute Gasteiger partial charge is 0.452 e. The van der Waals surface area contributed by atoms with E-state index in [0.29, 0.717) is 5.56 Å². The lowest BCUT2D eigenvalue weighted by Gasteiger charge is -2.06. The molecule has 0 atom stereocenters. The van der Waals surface area contributed by atoms with Gasteiger partial charge in [0.15, 0.2) is 6.61 Å². The Balaban J connectivity index is 1.51. The average molecular weight is 364 g/mol. The fourth-order valence-corrected chi connectivity index (χ4v) is 2.49. The van der Waals surface area contributed by atoms with Crippen LogP contribution in [0.5, 0.6) is 0 Å². The van der Waals surface area contributed by atoms with Crippen molar-refractivity contribution in [2.24, 2.45) is 0 Å². The molecule has 0 unspecified atom stereocenters. The number of pyridine rings is 1. The summed E-state index contributed by atoms with van der Waals surface area (Å²) in [7, 11) is 0. The highest BCUT2D eigenvalue weighted by atomic mass is 19.1. The standard InChI is InChI=1S/C21H17FN2O3/c22-18-9-2-1-5-17(18)13-24-19(25)14-27-20(26)11-10-16-7-3-6-15-8-4-12-23-21(15)16/h1-12H,13-14H2,(H,24,25)/b11-10+. The highest BCUT2D eigenvalue weighted by Crippen LogP contribution is 2.17. The summed E-state index contributed by atoms with van der Waals surface area (Å²) in [6, 6.07) is 15.5. The van der Waals surface area contributed by atoms with Crippen molar-refractivity contribution >= 4 is 28.9 Å². The third-order valence-corrected chi connectivity index (χ3v) is 3.84. The van der Waals surface area contributed by atoms with Crippen LogP contribution in [0, 0.1) is 5.82 Å². The zero-order chi connectivity index (χ0) is 19.1. The van der Waals surface area contributed by atoms with Crippen molar-refractivity contribution in [3.8, 4) is 0 Å². The molecule has 2 aromatic carbocycles. The Morgan fingerprint density at radius 1 is 1.07 bits per heavy atom. The molecule has 0 saturated heterocycles. The number of halogens is 1. The number of carbonyl (C=O) groups is 2. The Bertz CT molecular complexity index is 996. The van der Waals surface area contributed by atoms with Gasteiger partial charge in [0.1, 0.15) is 5.82 Å². The second-order valence-corrected chi connectivity index (χ2v) is 5.73. The van der Waals surface area contributed by atoms with E-state index in [0.717, 1.165) is 16.5 Å². The first kappa shape index (κ1) is 18.3. The maximum absolute atomic E-state index is 13.5. The lowest BCUT2D eigenvalue weighted by molar-refractivity contribution is -0.143. The zero-order valence-electron chi connectivity index (χ0n) is 14.4. The Morgan fingerprint density at radius 2 is 1.89 bits per heavy atom. The Labute approximate surface area is 155 Å². The topological polar surface area (TPSA) is 68.3 Å². The van der Waals surface area contributed by atoms with Crippen LogP contribution in [0.25, 0.3) is 17.0 Å². The molecule has 0 spiro atoms. The quantitative estimate of drug-likeness (QED) is 0.539. The molecule has 0 bridgehead atoms. The van der Waals surface area contributed by atoms with Crippen molar-refractivity contribution in [3.63, 3.8) is 0 Å². The molecule has 0 aliphatic rings. The van der Waals surface area contributed by atoms with E-state index in [2.05, 4.69) is 10.3 Å². The zero-order valence-corrected chi connectivity index (χ0v) is 14.4. The normalized spacial score (nSPS) is 10.9. The second kappa shape index (κ2) is 8.71. The van der Waals surface area contributed by atoms with E-state index < -0.39 is 24.3 Å². The average Bonchev–Trinajstić information content (AvgIpc) is 2.70. The van der Waals surface area contributed by atoms with Crippen LogP contribution < -0.4 is 5.32 Å². The number of amides is 1. The molecule has 3 aromatic rings. The minimum absolute atomic E-state index is 0.0283. The number of nitrogens with one attached hydrogen (secondary N) is 1. The van der Waals surface area contributed by atoms with Crippen molar-refractivity contribution in [1.82, 2.24) is 10.3 Å². The van der Waals surface area contributed by atoms with Crippen LogP contribution in [-0.4, -0.2) is 23.5 Å². The molecule has 6 heteroatoms. The molecule has 0 saturated carbocycles. The fourth-order valence-electron chi connectivity index (χ4n) is 2.49. The maximum Gasteiger partial charge on any atom is 0.331 e. The van der Waals surface area contributed by atoms with Crippen LogP contribution in [0.2, 0.25) is 0 Å². The summed E-state index contributed by atoms with van der Waals surface area (Å²) in [5.41, 5.74) is 1.90. The maximum atomic E-state index is 13.5. The molecule has 5 nitrogen and oxygen atoms in total. The van der Waals surface area contributed by atoms with Gasteiger partial charge in [-0.15, -0.1) is 0 Å². The van der Waals surface area contributed by atoms with Gasteiger partial charge < -0.3 is 10.1 Å². The summed E-state index contributed by atoms with van der Waals surface area (Å²) in [5.74, 6) is -1.56. The molecular formula is C21H17FN2O3. The molecule has 0 aliphatic carbocycles. The van der Waals surface area contributed by atoms with Crippen molar-refractivity contribution in [2.45, 2.75) is 6.54 Å². The predicted molar refractivity (Wildman–Crippen MR) is 100.0 cm³/mol. The molecule has 136 valence electrons. The van der Waals surface area contributed by atoms with E-state index in [1.54, 1.807) is 30.5 Å². The van der Waals surface area contributed by atoms with E-state index in [4.69, 9.17) is 4.74 Å². The first-order chi connectivity index (χ1) is 13.1. The van der Waals surface area contributed by atoms with Crippen molar-refractivity contribution < 1.29 is 18.7 Å². The van der Waals surface area contributed by atoms with Crippen molar-refractivity contribution in [2.75, 3.05) is 6.61 Å². The predicted octanol–water partition coefficient (Wildman–Crippen LogP) is 3.25. The van der Waals surface area contributed by atoms with E-state index >= 15 is 0 Å². The van der Waals surface area contributed by atoms with Gasteiger partial charge in [0.25, 0.3) is 5.91 Å². The molecule has 1 aromatic heterocycles. The molecule has 1 amide bonds. The Morgan fingerprint density at radius 3 is 2.74 bits per heavy atom. The summed E-state index contributed by atoms with van der Waals surface area (Å²) in [6.07, 6.45) is 4.51. The lowest BCUT2D eigenvalue weighted by atomic mass is 10.1. The second-order valence-electron chi connectivity index (χ2n) is 5.73. The highest BCUT2D eigenvalue weighted by Gasteiger charge is 2.07. The van der Waals surface area contributed by atoms with Gasteiger partial charge in [-0.05, 0) is 18.2 Å². The molecule has 0 radical (unpaired) electrons. The highest BCUT2D eigenvalue weighted by molar-refractivity contribution is 5.93. The van der Waals surface area contributed by atoms with Gasteiger partial charge in [-0.1, -0.05) is 42.5 Å². The Hall–Kier alpha value is -3.54. The van der Waals surface area contributed by atoms with Crippen LogP contribution in [0.4, 0.5) is 4.39 Å². The van der Waals surface area contributed by atoms with E-state index in [1.807, 2.05) is 30.3 Å². The van der Waals surface area contributed by atoms with Gasteiger partial charge in [-0.2, -0.15) is 0 Å². The first-order valence-electron chi connectivity index (χ1n) is 8.32. The van der Waals surface area contributed by atoms with Crippen LogP contribution in [-0.2, 0) is 20.9 Å². The number of nitrogens with zero attached hydrogens (tertiary/aromatic N) is 1. The number of hydrogen-bond donors (Lipinski definition) is 1. The van der Waals surface area contributed by atoms with Gasteiger partial charge >= 0.3 is 5.97 Å². The summed E-state index contributed by atoms with van der Waals surface area (Å²) in [4.78, 5) is 27.8. The molecule has 1 N–H and O–H groups in total. The van der Waals surface area contributed by atoms with E-state index in [-0.39, 0.29) is 6.54 Å². The van der Waals surface area contributed by atoms with Crippen LogP contribution in [0.15, 0.2) is 66.9 Å². The van der Waals surface area contributed by atoms with Crippen LogP contribution in [0.3, 0.4) is 0 Å². The van der Waals surface area contributed by atoms with Crippen molar-refractivity contribution in [1.29, 1.82) is 0 Å². The van der Waals surface area contributed by atoms with Gasteiger partial charge in [-0.25, -0.2) is 9.18 Å². The number of hydrogen-bond acceptors (Lipinski definition) is 4. The number of aromatic nitrogens is 1. The number of esters is 1. The number of rotatable bonds is 6. The summed E-state index contributed by atoms with van der Waals surface area (Å²) in [5, 5.41) is 3.46. The van der Waals surface area contributed by atoms with E-state index in [1.165, 1.54) is 12.1 Å². The van der Waals surface area contributed by atoms with Gasteiger partial charge in [-0.3, -0.25) is 9.78 Å². The van der Waals surface area contributed by atoms with Gasteiger partial charge in [0.2, 0.25) is 0 Å². The van der Waals surface area contributed by atoms with Crippen LogP contribution in [0.1, 0.15) is 11.1 Å². The number of ether oxygens (including phenoxy) is 1. The molecule has 0 aliphatic heterocycles. The number of fused-ring (bicyclic) bond motifs is 1. The SMILES string of the molecule is O=C(COC(=O)/C=C/c1cccc2cccnc12)NCc1ccccc1F. The molecule has 3 rings (SSSR count). The summed E-state index contributed by atoms with van der Waals surface area (Å²) in [6.45, 7) is -0.411. The number of benzene rings is 2. The molecule has 1 heterocycles. The molecule has 0 fully saturated rings. The van der Waals surface area contributed by atoms with Gasteiger partial charge in [0.05, 0.1) is 5.52 Å². The summed E-state index contributed by atoms with van der Waals surface area (Å²) >= 11 is 0. The minimum atomic E-state index is -0.649. The smallest absolute Gasteiger partial charge is 0.331 e. The van der Waals surface area contributed by atoms with Crippen molar-refractivity contribution in [3.05, 3.63) is 83.8 Å². The Kier molecular flexibility index (Phi) is 5.89. The van der Waals surface area contributed by atoms with Crippen LogP contribution >= 0.6 is 0 Å². The minimum Gasteiger partial charge on any atom is -0.452 e. The first-order valence-corrected chi connectivity index (χ1v) is 8.32. The molecular weight excluding hydrogens is 347 g/mol. The third kappa shape index (κ3) is 4.98. The number of para-hydroxylation sites is 1.